The number of carboxylic acids is 1. The number of carbonyl (C=O) groups is 2. The zero-order valence-electron chi connectivity index (χ0n) is 12.4. The van der Waals surface area contributed by atoms with Crippen molar-refractivity contribution in [3.8, 4) is 0 Å². The van der Waals surface area contributed by atoms with Crippen molar-refractivity contribution in [2.45, 2.75) is 32.1 Å². The number of likely N-dealkylation sites (tertiary alicyclic amines) is 1. The van der Waals surface area contributed by atoms with Gasteiger partial charge in [0.25, 0.3) is 0 Å². The zero-order valence-corrected chi connectivity index (χ0v) is 12.4. The third-order valence-electron chi connectivity index (χ3n) is 4.88. The molecule has 1 saturated carbocycles. The number of hydrogen-bond acceptors (Lipinski definition) is 2. The number of nitrogens with zero attached hydrogens (tertiary/aromatic N) is 1. The van der Waals surface area contributed by atoms with Gasteiger partial charge in [0.1, 0.15) is 11.2 Å². The van der Waals surface area contributed by atoms with Crippen molar-refractivity contribution >= 4 is 11.9 Å². The highest BCUT2D eigenvalue weighted by atomic mass is 19.1. The highest BCUT2D eigenvalue weighted by Crippen LogP contribution is 2.48. The van der Waals surface area contributed by atoms with Gasteiger partial charge in [0.15, 0.2) is 0 Å². The van der Waals surface area contributed by atoms with Gasteiger partial charge in [-0.15, -0.1) is 0 Å². The molecule has 4 nitrogen and oxygen atoms in total. The van der Waals surface area contributed by atoms with Gasteiger partial charge in [-0.25, -0.2) is 4.39 Å². The fraction of sp³-hybridized carbons (Fsp3) is 0.529. The highest BCUT2D eigenvalue weighted by molar-refractivity contribution is 6.04. The monoisotopic (exact) mass is 305 g/mol. The Morgan fingerprint density at radius 2 is 1.95 bits per heavy atom. The summed E-state index contributed by atoms with van der Waals surface area (Å²) in [7, 11) is 0. The number of carbonyl (C=O) groups excluding carboxylic acids is 1. The average molecular weight is 305 g/mol. The molecule has 1 aromatic rings. The third kappa shape index (κ3) is 2.85. The summed E-state index contributed by atoms with van der Waals surface area (Å²) in [6.07, 6.45) is 3.43. The minimum atomic E-state index is -1.13. The first-order valence-corrected chi connectivity index (χ1v) is 7.78. The molecule has 118 valence electrons. The van der Waals surface area contributed by atoms with Crippen molar-refractivity contribution in [2.75, 3.05) is 13.1 Å². The third-order valence-corrected chi connectivity index (χ3v) is 4.88. The van der Waals surface area contributed by atoms with E-state index in [1.165, 1.54) is 6.07 Å². The van der Waals surface area contributed by atoms with Crippen molar-refractivity contribution < 1.29 is 19.1 Å². The average Bonchev–Trinajstić information content (AvgIpc) is 3.29. The van der Waals surface area contributed by atoms with Gasteiger partial charge in [-0.2, -0.15) is 0 Å². The molecule has 0 aromatic heterocycles. The van der Waals surface area contributed by atoms with Crippen LogP contribution < -0.4 is 0 Å². The number of amides is 1. The number of halogens is 1. The predicted molar refractivity (Wildman–Crippen MR) is 78.7 cm³/mol. The first-order chi connectivity index (χ1) is 10.5. The summed E-state index contributed by atoms with van der Waals surface area (Å²) in [5, 5.41) is 9.19. The molecule has 0 atom stereocenters. The number of benzene rings is 1. The molecule has 22 heavy (non-hydrogen) atoms. The second kappa shape index (κ2) is 5.71. The second-order valence-electron chi connectivity index (χ2n) is 6.46. The maximum atomic E-state index is 13.2. The molecule has 5 heteroatoms. The molecule has 1 aliphatic carbocycles. The van der Waals surface area contributed by atoms with Crippen molar-refractivity contribution in [3.63, 3.8) is 0 Å². The van der Waals surface area contributed by atoms with E-state index in [0.717, 1.165) is 24.8 Å². The molecule has 1 heterocycles. The van der Waals surface area contributed by atoms with Crippen LogP contribution in [0.15, 0.2) is 24.3 Å². The minimum absolute atomic E-state index is 0.218. The van der Waals surface area contributed by atoms with Crippen LogP contribution in [0.3, 0.4) is 0 Å². The molecular formula is C17H20FNO3. The lowest BCUT2D eigenvalue weighted by atomic mass is 9.89. The predicted octanol–water partition coefficient (Wildman–Crippen LogP) is 2.47. The van der Waals surface area contributed by atoms with Crippen LogP contribution in [0.5, 0.6) is 0 Å². The maximum Gasteiger partial charge on any atom is 0.319 e. The van der Waals surface area contributed by atoms with Crippen molar-refractivity contribution in [1.82, 2.24) is 4.90 Å². The Morgan fingerprint density at radius 1 is 1.27 bits per heavy atom. The minimum Gasteiger partial charge on any atom is -0.480 e. The summed E-state index contributed by atoms with van der Waals surface area (Å²) < 4.78 is 13.2. The lowest BCUT2D eigenvalue weighted by Gasteiger charge is -2.33. The molecule has 0 bridgehead atoms. The molecule has 1 N–H and O–H groups in total. The molecule has 0 radical (unpaired) electrons. The summed E-state index contributed by atoms with van der Waals surface area (Å²) in [6.45, 7) is 1.21. The molecule has 2 fully saturated rings. The fourth-order valence-corrected chi connectivity index (χ4v) is 3.28. The van der Waals surface area contributed by atoms with Crippen molar-refractivity contribution in [2.24, 2.45) is 11.3 Å². The van der Waals surface area contributed by atoms with Gasteiger partial charge in [0.05, 0.1) is 0 Å². The van der Waals surface area contributed by atoms with Crippen LogP contribution in [0, 0.1) is 17.2 Å². The van der Waals surface area contributed by atoms with Crippen LogP contribution in [0.2, 0.25) is 0 Å². The van der Waals surface area contributed by atoms with Crippen LogP contribution in [-0.4, -0.2) is 35.0 Å². The molecule has 1 aliphatic heterocycles. The number of piperidine rings is 1. The van der Waals surface area contributed by atoms with Gasteiger partial charge in [-0.3, -0.25) is 9.59 Å². The molecule has 1 amide bonds. The van der Waals surface area contributed by atoms with E-state index in [9.17, 15) is 19.1 Å². The van der Waals surface area contributed by atoms with Gasteiger partial charge in [-0.1, -0.05) is 12.1 Å². The Hall–Kier alpha value is -1.91. The van der Waals surface area contributed by atoms with E-state index in [1.807, 2.05) is 6.07 Å². The summed E-state index contributed by atoms with van der Waals surface area (Å²) >= 11 is 0. The number of aliphatic carboxylic acids is 1. The van der Waals surface area contributed by atoms with E-state index in [-0.39, 0.29) is 11.7 Å². The van der Waals surface area contributed by atoms with Gasteiger partial charge >= 0.3 is 5.97 Å². The van der Waals surface area contributed by atoms with Crippen molar-refractivity contribution in [3.05, 3.63) is 35.6 Å². The maximum absolute atomic E-state index is 13.2. The number of hydrogen-bond donors (Lipinski definition) is 1. The smallest absolute Gasteiger partial charge is 0.319 e. The van der Waals surface area contributed by atoms with Gasteiger partial charge in [0.2, 0.25) is 5.91 Å². The first kappa shape index (κ1) is 15.0. The van der Waals surface area contributed by atoms with E-state index in [4.69, 9.17) is 0 Å². The van der Waals surface area contributed by atoms with E-state index in [0.29, 0.717) is 31.8 Å². The Labute approximate surface area is 128 Å². The molecule has 0 unspecified atom stereocenters. The van der Waals surface area contributed by atoms with Crippen LogP contribution in [0.25, 0.3) is 0 Å². The number of rotatable bonds is 4. The lowest BCUT2D eigenvalue weighted by molar-refractivity contribution is -0.154. The fourth-order valence-electron chi connectivity index (χ4n) is 3.28. The Morgan fingerprint density at radius 3 is 2.50 bits per heavy atom. The van der Waals surface area contributed by atoms with E-state index in [1.54, 1.807) is 17.0 Å². The zero-order chi connectivity index (χ0) is 15.7. The van der Waals surface area contributed by atoms with Crippen LogP contribution in [-0.2, 0) is 16.0 Å². The molecule has 1 saturated heterocycles. The lowest BCUT2D eigenvalue weighted by Crippen LogP contribution is -2.45. The van der Waals surface area contributed by atoms with E-state index >= 15 is 0 Å². The Balaban J connectivity index is 1.54. The standard InChI is InChI=1S/C17H20FNO3/c18-14-3-1-2-13(11-14)10-12-4-8-19(9-5-12)15(20)17(6-7-17)16(21)22/h1-3,11-12H,4-10H2,(H,21,22). The van der Waals surface area contributed by atoms with E-state index < -0.39 is 11.4 Å². The largest absolute Gasteiger partial charge is 0.480 e. The van der Waals surface area contributed by atoms with Crippen molar-refractivity contribution in [1.29, 1.82) is 0 Å². The van der Waals surface area contributed by atoms with E-state index in [2.05, 4.69) is 0 Å². The summed E-state index contributed by atoms with van der Waals surface area (Å²) in [6, 6.07) is 6.63. The topological polar surface area (TPSA) is 57.6 Å². The molecule has 0 spiro atoms. The summed E-state index contributed by atoms with van der Waals surface area (Å²) in [5.74, 6) is -1.00. The van der Waals surface area contributed by atoms with Gasteiger partial charge in [-0.05, 0) is 55.7 Å². The summed E-state index contributed by atoms with van der Waals surface area (Å²) in [4.78, 5) is 25.2. The first-order valence-electron chi connectivity index (χ1n) is 7.78. The molecular weight excluding hydrogens is 285 g/mol. The second-order valence-corrected chi connectivity index (χ2v) is 6.46. The van der Waals surface area contributed by atoms with Crippen LogP contribution >= 0.6 is 0 Å². The normalized spacial score (nSPS) is 20.7. The Bertz CT molecular complexity index is 589. The molecule has 2 aliphatic rings. The molecule has 1 aromatic carbocycles. The Kier molecular flexibility index (Phi) is 3.89. The van der Waals surface area contributed by atoms with Crippen LogP contribution in [0.1, 0.15) is 31.2 Å². The van der Waals surface area contributed by atoms with Gasteiger partial charge in [0, 0.05) is 13.1 Å². The van der Waals surface area contributed by atoms with Crippen LogP contribution in [0.4, 0.5) is 4.39 Å². The van der Waals surface area contributed by atoms with Gasteiger partial charge < -0.3 is 10.0 Å². The summed E-state index contributed by atoms with van der Waals surface area (Å²) in [5.41, 5.74) is -0.149. The number of carboxylic acid groups (broad SMARTS) is 1. The SMILES string of the molecule is O=C(O)C1(C(=O)N2CCC(Cc3cccc(F)c3)CC2)CC1. The quantitative estimate of drug-likeness (QED) is 0.869. The molecule has 3 rings (SSSR count). The highest BCUT2D eigenvalue weighted by Gasteiger charge is 2.58.